The molecule has 0 aromatic rings. The minimum Gasteiger partial charge on any atom is -0.505 e. The Balaban J connectivity index is 0.000000443. The van der Waals surface area contributed by atoms with Gasteiger partial charge in [0.15, 0.2) is 23.7 Å². The molecule has 0 saturated heterocycles. The summed E-state index contributed by atoms with van der Waals surface area (Å²) in [5, 5.41) is 70.1. The Kier molecular flexibility index (Phi) is 8.69. The van der Waals surface area contributed by atoms with Crippen LogP contribution < -0.4 is 0 Å². The molecule has 0 fully saturated rings. The molecule has 2 aliphatic heterocycles. The predicted molar refractivity (Wildman–Crippen MR) is 70.5 cm³/mol. The van der Waals surface area contributed by atoms with Crippen molar-refractivity contribution in [1.82, 2.24) is 0 Å². The molecule has 0 aliphatic carbocycles. The number of rotatable bonds is 4. The molecule has 0 aromatic heterocycles. The second-order valence-electron chi connectivity index (χ2n) is 4.62. The third kappa shape index (κ3) is 4.98. The summed E-state index contributed by atoms with van der Waals surface area (Å²) < 4.78 is 8.63. The monoisotopic (exact) mass is 407 g/mol. The van der Waals surface area contributed by atoms with Crippen LogP contribution in [-0.2, 0) is 36.1 Å². The van der Waals surface area contributed by atoms with Crippen LogP contribution in [-0.4, -0.2) is 90.4 Å². The van der Waals surface area contributed by atoms with Crippen LogP contribution in [0.2, 0.25) is 0 Å². The molecule has 4 atom stereocenters. The Morgan fingerprint density at radius 3 is 1.20 bits per heavy atom. The van der Waals surface area contributed by atoms with Gasteiger partial charge in [-0.3, -0.25) is 0 Å². The number of esters is 2. The topological polar surface area (TPSA) is 214 Å². The first-order valence-corrected chi connectivity index (χ1v) is 6.39. The van der Waals surface area contributed by atoms with Crippen LogP contribution in [0.25, 0.3) is 0 Å². The van der Waals surface area contributed by atoms with Crippen molar-refractivity contribution >= 4 is 11.9 Å². The Hall–Kier alpha value is -2.02. The van der Waals surface area contributed by atoms with Crippen molar-refractivity contribution in [3.63, 3.8) is 0 Å². The quantitative estimate of drug-likeness (QED) is 0.175. The van der Waals surface area contributed by atoms with Gasteiger partial charge in [-0.2, -0.15) is 0 Å². The standard InChI is InChI=1S/2C6H8O6.Mn/c2*7-1-2(8)5-3(9)4(10)6(11)12-5;/h2*2,5,7-10H,1H2;/t2*2-,5?;/m10./s1. The van der Waals surface area contributed by atoms with E-state index in [4.69, 9.17) is 40.9 Å². The molecular formula is C12H16MnO12. The van der Waals surface area contributed by atoms with Gasteiger partial charge < -0.3 is 50.3 Å². The summed E-state index contributed by atoms with van der Waals surface area (Å²) in [7, 11) is 0. The van der Waals surface area contributed by atoms with E-state index >= 15 is 0 Å². The van der Waals surface area contributed by atoms with E-state index in [0.29, 0.717) is 0 Å². The molecule has 0 spiro atoms. The molecule has 143 valence electrons. The molecule has 2 heterocycles. The third-order valence-electron chi connectivity index (χ3n) is 2.95. The van der Waals surface area contributed by atoms with Gasteiger partial charge in [0.05, 0.1) is 13.2 Å². The number of hydrogen-bond donors (Lipinski definition) is 8. The maximum Gasteiger partial charge on any atom is 0.377 e. The van der Waals surface area contributed by atoms with Crippen LogP contribution in [0.1, 0.15) is 0 Å². The first-order valence-electron chi connectivity index (χ1n) is 6.39. The van der Waals surface area contributed by atoms with Gasteiger partial charge in [-0.1, -0.05) is 0 Å². The maximum atomic E-state index is 10.5. The van der Waals surface area contributed by atoms with Gasteiger partial charge in [0, 0.05) is 17.1 Å². The van der Waals surface area contributed by atoms with E-state index in [0.717, 1.165) is 0 Å². The first-order chi connectivity index (χ1) is 11.1. The molecule has 0 bridgehead atoms. The fourth-order valence-corrected chi connectivity index (χ4v) is 1.65. The molecule has 8 N–H and O–H groups in total. The fraction of sp³-hybridized carbons (Fsp3) is 0.500. The first kappa shape index (κ1) is 23.0. The molecule has 2 unspecified atom stereocenters. The van der Waals surface area contributed by atoms with Crippen molar-refractivity contribution in [2.45, 2.75) is 24.4 Å². The Morgan fingerprint density at radius 1 is 0.760 bits per heavy atom. The predicted octanol–water partition coefficient (Wildman–Crippen LogP) is -2.82. The van der Waals surface area contributed by atoms with Gasteiger partial charge in [-0.05, 0) is 0 Å². The number of cyclic esters (lactones) is 2. The van der Waals surface area contributed by atoms with Crippen LogP contribution in [0.5, 0.6) is 0 Å². The average Bonchev–Trinajstić information content (AvgIpc) is 2.98. The van der Waals surface area contributed by atoms with Crippen LogP contribution in [0.15, 0.2) is 23.0 Å². The van der Waals surface area contributed by atoms with Crippen LogP contribution in [0.4, 0.5) is 0 Å². The zero-order valence-electron chi connectivity index (χ0n) is 12.3. The largest absolute Gasteiger partial charge is 0.505 e. The molecule has 0 amide bonds. The summed E-state index contributed by atoms with van der Waals surface area (Å²) in [6, 6.07) is 0. The fourth-order valence-electron chi connectivity index (χ4n) is 1.65. The summed E-state index contributed by atoms with van der Waals surface area (Å²) in [6.45, 7) is -1.34. The van der Waals surface area contributed by atoms with Gasteiger partial charge in [0.25, 0.3) is 0 Å². The number of aliphatic hydroxyl groups excluding tert-OH is 8. The van der Waals surface area contributed by atoms with Crippen molar-refractivity contribution in [2.24, 2.45) is 0 Å². The van der Waals surface area contributed by atoms with E-state index in [1.54, 1.807) is 0 Å². The van der Waals surface area contributed by atoms with Gasteiger partial charge in [-0.15, -0.1) is 0 Å². The van der Waals surface area contributed by atoms with E-state index in [1.165, 1.54) is 0 Å². The summed E-state index contributed by atoms with van der Waals surface area (Å²) in [5.74, 6) is -5.56. The van der Waals surface area contributed by atoms with Crippen LogP contribution in [0, 0.1) is 0 Å². The van der Waals surface area contributed by atoms with E-state index in [-0.39, 0.29) is 17.1 Å². The Labute approximate surface area is 150 Å². The molecule has 25 heavy (non-hydrogen) atoms. The van der Waals surface area contributed by atoms with Crippen molar-refractivity contribution < 1.29 is 77.0 Å². The van der Waals surface area contributed by atoms with E-state index in [2.05, 4.69) is 9.47 Å². The summed E-state index contributed by atoms with van der Waals surface area (Å²) in [6.07, 6.45) is -5.55. The molecule has 0 saturated carbocycles. The van der Waals surface area contributed by atoms with Gasteiger partial charge in [0.2, 0.25) is 11.5 Å². The van der Waals surface area contributed by atoms with E-state index in [1.807, 2.05) is 0 Å². The number of ether oxygens (including phenoxy) is 2. The molecule has 0 aromatic carbocycles. The summed E-state index contributed by atoms with van der Waals surface area (Å²) in [5.41, 5.74) is 0. The second kappa shape index (κ2) is 9.46. The average molecular weight is 407 g/mol. The molecule has 2 aliphatic rings. The normalized spacial score (nSPS) is 24.8. The van der Waals surface area contributed by atoms with E-state index in [9.17, 15) is 9.59 Å². The van der Waals surface area contributed by atoms with Crippen molar-refractivity contribution in [2.75, 3.05) is 13.2 Å². The summed E-state index contributed by atoms with van der Waals surface area (Å²) in [4.78, 5) is 21.1. The third-order valence-corrected chi connectivity index (χ3v) is 2.95. The van der Waals surface area contributed by atoms with E-state index < -0.39 is 72.6 Å². The Morgan fingerprint density at radius 2 is 1.04 bits per heavy atom. The van der Waals surface area contributed by atoms with Crippen molar-refractivity contribution in [1.29, 1.82) is 0 Å². The molecular weight excluding hydrogens is 391 g/mol. The molecule has 12 nitrogen and oxygen atoms in total. The van der Waals surface area contributed by atoms with Crippen molar-refractivity contribution in [3.05, 3.63) is 23.0 Å². The molecule has 13 heteroatoms. The van der Waals surface area contributed by atoms with Crippen molar-refractivity contribution in [3.8, 4) is 0 Å². The van der Waals surface area contributed by atoms with Crippen LogP contribution >= 0.6 is 0 Å². The van der Waals surface area contributed by atoms with Crippen LogP contribution in [0.3, 0.4) is 0 Å². The second-order valence-corrected chi connectivity index (χ2v) is 4.62. The maximum absolute atomic E-state index is 10.5. The number of hydrogen-bond acceptors (Lipinski definition) is 12. The minimum absolute atomic E-state index is 0. The minimum atomic E-state index is -1.42. The van der Waals surface area contributed by atoms with Gasteiger partial charge in [0.1, 0.15) is 12.2 Å². The smallest absolute Gasteiger partial charge is 0.377 e. The molecule has 1 radical (unpaired) electrons. The van der Waals surface area contributed by atoms with Gasteiger partial charge in [-0.25, -0.2) is 9.59 Å². The number of aliphatic hydroxyl groups is 8. The van der Waals surface area contributed by atoms with Gasteiger partial charge >= 0.3 is 11.9 Å². The zero-order valence-corrected chi connectivity index (χ0v) is 13.5. The number of carbonyl (C=O) groups is 2. The summed E-state index contributed by atoms with van der Waals surface area (Å²) >= 11 is 0. The molecule has 2 rings (SSSR count). The Bertz CT molecular complexity index is 520. The number of carbonyl (C=O) groups excluding carboxylic acids is 2. The SMILES string of the molecule is O=C1OC([C@@H](O)CO)C(O)=C1O.O=C1OC([C@H](O)CO)C(O)=C1O.[Mn]. The zero-order chi connectivity index (χ0) is 18.6.